The highest BCUT2D eigenvalue weighted by atomic mass is 35.5. The second-order valence-corrected chi connectivity index (χ2v) is 7.22. The second-order valence-electron chi connectivity index (χ2n) is 7.22. The summed E-state index contributed by atoms with van der Waals surface area (Å²) in [6.45, 7) is 0.657. The van der Waals surface area contributed by atoms with E-state index >= 15 is 0 Å². The summed E-state index contributed by atoms with van der Waals surface area (Å²) in [7, 11) is 4.61. The van der Waals surface area contributed by atoms with Gasteiger partial charge in [-0.15, -0.1) is 12.4 Å². The van der Waals surface area contributed by atoms with E-state index in [1.807, 2.05) is 0 Å². The van der Waals surface area contributed by atoms with E-state index in [1.54, 1.807) is 36.4 Å². The summed E-state index contributed by atoms with van der Waals surface area (Å²) in [5, 5.41) is 13.8. The molecule has 1 amide bonds. The molecule has 0 spiro atoms. The van der Waals surface area contributed by atoms with Crippen molar-refractivity contribution in [3.05, 3.63) is 47.5 Å². The average Bonchev–Trinajstić information content (AvgIpc) is 3.59. The molecular formula is C22H29ClN4O4. The molecule has 0 aliphatic heterocycles. The van der Waals surface area contributed by atoms with Gasteiger partial charge < -0.3 is 30.6 Å². The molecule has 3 rings (SSSR count). The first kappa shape index (κ1) is 24.1. The van der Waals surface area contributed by atoms with Crippen LogP contribution in [0.25, 0.3) is 0 Å². The minimum Gasteiger partial charge on any atom is -0.493 e. The van der Waals surface area contributed by atoms with Gasteiger partial charge in [-0.25, -0.2) is 0 Å². The molecule has 2 aromatic rings. The zero-order valence-electron chi connectivity index (χ0n) is 17.9. The summed E-state index contributed by atoms with van der Waals surface area (Å²) in [5.41, 5.74) is 7.54. The Bertz CT molecular complexity index is 891. The molecule has 168 valence electrons. The Kier molecular flexibility index (Phi) is 8.38. The third-order valence-corrected chi connectivity index (χ3v) is 5.05. The normalized spacial score (nSPS) is 13.4. The third kappa shape index (κ3) is 5.95. The summed E-state index contributed by atoms with van der Waals surface area (Å²) in [6.07, 6.45) is 2.30. The maximum absolute atomic E-state index is 13.1. The van der Waals surface area contributed by atoms with Gasteiger partial charge in [0.1, 0.15) is 11.9 Å². The van der Waals surface area contributed by atoms with Gasteiger partial charge in [-0.05, 0) is 60.7 Å². The molecule has 0 radical (unpaired) electrons. The minimum absolute atomic E-state index is 0. The van der Waals surface area contributed by atoms with E-state index < -0.39 is 6.04 Å². The smallest absolute Gasteiger partial charge is 0.247 e. The Morgan fingerprint density at radius 3 is 2.13 bits per heavy atom. The number of carbonyl (C=O) groups is 1. The van der Waals surface area contributed by atoms with E-state index in [4.69, 9.17) is 25.4 Å². The van der Waals surface area contributed by atoms with E-state index in [-0.39, 0.29) is 24.1 Å². The zero-order valence-corrected chi connectivity index (χ0v) is 18.7. The maximum Gasteiger partial charge on any atom is 0.247 e. The predicted octanol–water partition coefficient (Wildman–Crippen LogP) is 3.10. The van der Waals surface area contributed by atoms with Gasteiger partial charge in [0.15, 0.2) is 11.5 Å². The quantitative estimate of drug-likeness (QED) is 0.327. The van der Waals surface area contributed by atoms with Gasteiger partial charge >= 0.3 is 0 Å². The molecule has 5 N–H and O–H groups in total. The van der Waals surface area contributed by atoms with Gasteiger partial charge in [0.2, 0.25) is 11.7 Å². The molecule has 1 aliphatic carbocycles. The van der Waals surface area contributed by atoms with Crippen molar-refractivity contribution in [2.24, 2.45) is 11.7 Å². The first-order valence-corrected chi connectivity index (χ1v) is 9.75. The summed E-state index contributed by atoms with van der Waals surface area (Å²) in [4.78, 5) is 13.1. The van der Waals surface area contributed by atoms with Crippen molar-refractivity contribution in [2.75, 3.05) is 33.2 Å². The monoisotopic (exact) mass is 448 g/mol. The highest BCUT2D eigenvalue weighted by Gasteiger charge is 2.27. The molecule has 0 aromatic heterocycles. The van der Waals surface area contributed by atoms with E-state index in [1.165, 1.54) is 21.3 Å². The van der Waals surface area contributed by atoms with E-state index in [9.17, 15) is 4.79 Å². The molecule has 31 heavy (non-hydrogen) atoms. The van der Waals surface area contributed by atoms with E-state index in [2.05, 4.69) is 10.6 Å². The van der Waals surface area contributed by atoms with Crippen molar-refractivity contribution in [2.45, 2.75) is 18.9 Å². The van der Waals surface area contributed by atoms with Crippen LogP contribution in [0, 0.1) is 11.3 Å². The highest BCUT2D eigenvalue weighted by Crippen LogP contribution is 2.40. The maximum atomic E-state index is 13.1. The number of nitrogens with two attached hydrogens (primary N) is 1. The van der Waals surface area contributed by atoms with Gasteiger partial charge in [0.25, 0.3) is 0 Å². The van der Waals surface area contributed by atoms with Crippen LogP contribution >= 0.6 is 12.4 Å². The summed E-state index contributed by atoms with van der Waals surface area (Å²) in [6, 6.07) is 9.89. The Hall–Kier alpha value is -3.13. The van der Waals surface area contributed by atoms with Crippen LogP contribution in [0.4, 0.5) is 5.69 Å². The molecule has 9 heteroatoms. The lowest BCUT2D eigenvalue weighted by molar-refractivity contribution is -0.122. The largest absolute Gasteiger partial charge is 0.493 e. The topological polar surface area (TPSA) is 119 Å². The van der Waals surface area contributed by atoms with E-state index in [0.717, 1.165) is 18.5 Å². The summed E-state index contributed by atoms with van der Waals surface area (Å²) in [5.74, 6) is 1.81. The molecule has 0 heterocycles. The number of nitrogen functional groups attached to an aromatic ring is 1. The van der Waals surface area contributed by atoms with Crippen molar-refractivity contribution in [1.29, 1.82) is 5.41 Å². The Balaban J connectivity index is 0.00000341. The highest BCUT2D eigenvalue weighted by molar-refractivity contribution is 5.95. The molecule has 8 nitrogen and oxygen atoms in total. The predicted molar refractivity (Wildman–Crippen MR) is 123 cm³/mol. The lowest BCUT2D eigenvalue weighted by Crippen LogP contribution is -2.34. The molecule has 1 atom stereocenters. The van der Waals surface area contributed by atoms with Crippen LogP contribution in [0.1, 0.15) is 30.0 Å². The van der Waals surface area contributed by atoms with E-state index in [0.29, 0.717) is 40.8 Å². The summed E-state index contributed by atoms with van der Waals surface area (Å²) >= 11 is 0. The average molecular weight is 449 g/mol. The number of methoxy groups -OCH3 is 3. The Labute approximate surface area is 188 Å². The van der Waals surface area contributed by atoms with Crippen LogP contribution < -0.4 is 30.6 Å². The third-order valence-electron chi connectivity index (χ3n) is 5.05. The van der Waals surface area contributed by atoms with Crippen molar-refractivity contribution < 1.29 is 19.0 Å². The number of rotatable bonds is 10. The Morgan fingerprint density at radius 2 is 1.68 bits per heavy atom. The van der Waals surface area contributed by atoms with Crippen molar-refractivity contribution >= 4 is 29.8 Å². The molecule has 1 saturated carbocycles. The first-order chi connectivity index (χ1) is 14.5. The van der Waals surface area contributed by atoms with Crippen molar-refractivity contribution in [3.8, 4) is 17.2 Å². The lowest BCUT2D eigenvalue weighted by Gasteiger charge is -2.22. The molecule has 0 saturated heterocycles. The van der Waals surface area contributed by atoms with Gasteiger partial charge in [-0.2, -0.15) is 0 Å². The summed E-state index contributed by atoms with van der Waals surface area (Å²) < 4.78 is 16.3. The second kappa shape index (κ2) is 10.8. The minimum atomic E-state index is -0.680. The number of benzene rings is 2. The fourth-order valence-electron chi connectivity index (χ4n) is 3.15. The van der Waals surface area contributed by atoms with Crippen LogP contribution in [-0.4, -0.2) is 39.6 Å². The number of halogens is 1. The zero-order chi connectivity index (χ0) is 21.7. The fraction of sp³-hybridized carbons (Fsp3) is 0.364. The number of ether oxygens (including phenoxy) is 3. The standard InChI is InChI=1S/C22H28N4O4.ClH/c1-28-17-10-15(11-18(29-2)20(17)30-3)19(22(27)25-12-13-4-5-13)26-16-8-6-14(7-9-16)21(23)24;/h6-11,13,19,26H,4-5,12H2,1-3H3,(H3,23,24)(H,25,27);1H/t19-;/m0./s1. The molecule has 0 unspecified atom stereocenters. The van der Waals surface area contributed by atoms with Crippen molar-refractivity contribution in [3.63, 3.8) is 0 Å². The molecular weight excluding hydrogens is 420 g/mol. The van der Waals surface area contributed by atoms with Crippen LogP contribution in [-0.2, 0) is 4.79 Å². The molecule has 0 bridgehead atoms. The lowest BCUT2D eigenvalue weighted by atomic mass is 10.0. The van der Waals surface area contributed by atoms with Crippen LogP contribution in [0.15, 0.2) is 36.4 Å². The first-order valence-electron chi connectivity index (χ1n) is 9.75. The fourth-order valence-corrected chi connectivity index (χ4v) is 3.15. The van der Waals surface area contributed by atoms with Crippen LogP contribution in [0.3, 0.4) is 0 Å². The number of hydrogen-bond acceptors (Lipinski definition) is 6. The van der Waals surface area contributed by atoms with Gasteiger partial charge in [0.05, 0.1) is 21.3 Å². The van der Waals surface area contributed by atoms with Gasteiger partial charge in [-0.1, -0.05) is 0 Å². The Morgan fingerprint density at radius 1 is 1.10 bits per heavy atom. The number of carbonyl (C=O) groups excluding carboxylic acids is 1. The van der Waals surface area contributed by atoms with Crippen molar-refractivity contribution in [1.82, 2.24) is 5.32 Å². The van der Waals surface area contributed by atoms with Crippen LogP contribution in [0.2, 0.25) is 0 Å². The number of nitrogens with one attached hydrogen (secondary N) is 3. The van der Waals surface area contributed by atoms with Gasteiger partial charge in [0, 0.05) is 17.8 Å². The van der Waals surface area contributed by atoms with Gasteiger partial charge in [-0.3, -0.25) is 10.2 Å². The van der Waals surface area contributed by atoms with Crippen LogP contribution in [0.5, 0.6) is 17.2 Å². The SMILES string of the molecule is COc1cc([C@H](Nc2ccc(C(=N)N)cc2)C(=O)NCC2CC2)cc(OC)c1OC.Cl. The molecule has 1 aliphatic rings. The molecule has 2 aromatic carbocycles. The number of hydrogen-bond donors (Lipinski definition) is 4. The molecule has 1 fully saturated rings. The number of amidine groups is 1. The number of amides is 1. The number of anilines is 1.